The summed E-state index contributed by atoms with van der Waals surface area (Å²) in [6, 6.07) is 10.1. The summed E-state index contributed by atoms with van der Waals surface area (Å²) in [6.07, 6.45) is 0.347. The Morgan fingerprint density at radius 2 is 1.93 bits per heavy atom. The minimum absolute atomic E-state index is 0.0273. The number of carbonyl (C=O) groups excluding carboxylic acids is 1. The smallest absolute Gasteiger partial charge is 0.221 e. The third kappa shape index (κ3) is 5.03. The normalized spacial score (nSPS) is 10.9. The average Bonchev–Trinajstić information content (AvgIpc) is 3.13. The summed E-state index contributed by atoms with van der Waals surface area (Å²) in [7, 11) is 3.23. The maximum atomic E-state index is 11.9. The van der Waals surface area contributed by atoms with Crippen molar-refractivity contribution in [3.63, 3.8) is 0 Å². The zero-order valence-corrected chi connectivity index (χ0v) is 16.8. The molecule has 2 heterocycles. The number of nitrogens with zero attached hydrogens (tertiary/aromatic N) is 2. The molecule has 1 aromatic carbocycles. The van der Waals surface area contributed by atoms with Crippen LogP contribution in [0, 0.1) is 0 Å². The van der Waals surface area contributed by atoms with Gasteiger partial charge in [0.1, 0.15) is 17.3 Å². The lowest BCUT2D eigenvalue weighted by Crippen LogP contribution is -2.28. The molecule has 0 bridgehead atoms. The van der Waals surface area contributed by atoms with Crippen molar-refractivity contribution < 1.29 is 14.3 Å². The van der Waals surface area contributed by atoms with E-state index in [4.69, 9.17) is 9.47 Å². The molecule has 0 aliphatic rings. The van der Waals surface area contributed by atoms with Crippen LogP contribution in [0.2, 0.25) is 0 Å². The highest BCUT2D eigenvalue weighted by Crippen LogP contribution is 2.36. The fourth-order valence-electron chi connectivity index (χ4n) is 2.81. The van der Waals surface area contributed by atoms with E-state index in [1.807, 2.05) is 18.2 Å². The second-order valence-corrected chi connectivity index (χ2v) is 6.99. The summed E-state index contributed by atoms with van der Waals surface area (Å²) in [6.45, 7) is 1.82. The molecule has 0 atom stereocenters. The van der Waals surface area contributed by atoms with Gasteiger partial charge in [0.05, 0.1) is 12.0 Å². The lowest BCUT2D eigenvalue weighted by atomic mass is 10.1. The Hall–Kier alpha value is -2.55. The van der Waals surface area contributed by atoms with Crippen molar-refractivity contribution >= 4 is 33.3 Å². The molecule has 0 aliphatic heterocycles. The van der Waals surface area contributed by atoms with Crippen molar-refractivity contribution in [3.8, 4) is 11.1 Å². The van der Waals surface area contributed by atoms with Gasteiger partial charge in [-0.15, -0.1) is 11.3 Å². The summed E-state index contributed by atoms with van der Waals surface area (Å²) in [5.41, 5.74) is 2.19. The van der Waals surface area contributed by atoms with Crippen molar-refractivity contribution in [2.75, 3.05) is 39.2 Å². The SMILES string of the molecule is COCCNC(=O)CCNc1nc(COC)nc2scc(-c3ccccc3)c12. The van der Waals surface area contributed by atoms with Crippen molar-refractivity contribution in [1.29, 1.82) is 0 Å². The van der Waals surface area contributed by atoms with Crippen LogP contribution in [0.25, 0.3) is 21.3 Å². The number of nitrogens with one attached hydrogen (secondary N) is 2. The topological polar surface area (TPSA) is 85.4 Å². The number of rotatable bonds is 10. The van der Waals surface area contributed by atoms with Crippen molar-refractivity contribution in [2.45, 2.75) is 13.0 Å². The molecule has 8 heteroatoms. The fraction of sp³-hybridized carbons (Fsp3) is 0.350. The van der Waals surface area contributed by atoms with Crippen LogP contribution in [0.3, 0.4) is 0 Å². The van der Waals surface area contributed by atoms with Crippen molar-refractivity contribution in [2.24, 2.45) is 0 Å². The van der Waals surface area contributed by atoms with Crippen LogP contribution in [0.15, 0.2) is 35.7 Å². The molecule has 1 amide bonds. The third-order valence-electron chi connectivity index (χ3n) is 4.11. The standard InChI is InChI=1S/C20H24N4O3S/c1-26-11-10-21-17(25)8-9-22-19-18-15(14-6-4-3-5-7-14)13-28-20(18)24-16(23-19)12-27-2/h3-7,13H,8-12H2,1-2H3,(H,21,25)(H,22,23,24). The van der Waals surface area contributed by atoms with Gasteiger partial charge in [-0.2, -0.15) is 0 Å². The van der Waals surface area contributed by atoms with Crippen LogP contribution in [-0.4, -0.2) is 49.8 Å². The number of aromatic nitrogens is 2. The van der Waals surface area contributed by atoms with E-state index >= 15 is 0 Å². The molecule has 28 heavy (non-hydrogen) atoms. The van der Waals surface area contributed by atoms with Crippen LogP contribution < -0.4 is 10.6 Å². The number of hydrogen-bond acceptors (Lipinski definition) is 7. The number of benzene rings is 1. The third-order valence-corrected chi connectivity index (χ3v) is 4.98. The van der Waals surface area contributed by atoms with Gasteiger partial charge in [0.25, 0.3) is 0 Å². The van der Waals surface area contributed by atoms with E-state index < -0.39 is 0 Å². The van der Waals surface area contributed by atoms with Gasteiger partial charge in [0.2, 0.25) is 5.91 Å². The number of anilines is 1. The molecule has 3 rings (SSSR count). The molecule has 0 unspecified atom stereocenters. The fourth-order valence-corrected chi connectivity index (χ4v) is 3.78. The van der Waals surface area contributed by atoms with E-state index in [2.05, 4.69) is 38.1 Å². The number of amides is 1. The van der Waals surface area contributed by atoms with Gasteiger partial charge in [-0.25, -0.2) is 9.97 Å². The first-order valence-electron chi connectivity index (χ1n) is 9.05. The monoisotopic (exact) mass is 400 g/mol. The molecule has 0 saturated carbocycles. The summed E-state index contributed by atoms with van der Waals surface area (Å²) in [5, 5.41) is 9.19. The average molecular weight is 401 g/mol. The number of hydrogen-bond donors (Lipinski definition) is 2. The van der Waals surface area contributed by atoms with E-state index in [9.17, 15) is 4.79 Å². The second-order valence-electron chi connectivity index (χ2n) is 6.14. The Morgan fingerprint density at radius 3 is 2.68 bits per heavy atom. The first-order valence-corrected chi connectivity index (χ1v) is 9.93. The molecule has 0 aliphatic carbocycles. The zero-order valence-electron chi connectivity index (χ0n) is 16.0. The number of methoxy groups -OCH3 is 2. The molecule has 148 valence electrons. The van der Waals surface area contributed by atoms with Gasteiger partial charge in [-0.05, 0) is 5.56 Å². The van der Waals surface area contributed by atoms with E-state index in [0.29, 0.717) is 38.5 Å². The number of ether oxygens (including phenoxy) is 2. The molecule has 0 spiro atoms. The van der Waals surface area contributed by atoms with E-state index in [1.165, 1.54) is 0 Å². The maximum Gasteiger partial charge on any atom is 0.221 e. The summed E-state index contributed by atoms with van der Waals surface area (Å²) < 4.78 is 10.1. The summed E-state index contributed by atoms with van der Waals surface area (Å²) in [4.78, 5) is 22.1. The van der Waals surface area contributed by atoms with Gasteiger partial charge in [-0.3, -0.25) is 4.79 Å². The first-order chi connectivity index (χ1) is 13.7. The molecule has 3 aromatic rings. The highest BCUT2D eigenvalue weighted by molar-refractivity contribution is 7.17. The van der Waals surface area contributed by atoms with Gasteiger partial charge in [0.15, 0.2) is 5.82 Å². The molecular formula is C20H24N4O3S. The van der Waals surface area contributed by atoms with E-state index in [-0.39, 0.29) is 5.91 Å². The summed E-state index contributed by atoms with van der Waals surface area (Å²) in [5.74, 6) is 1.31. The zero-order chi connectivity index (χ0) is 19.8. The Bertz CT molecular complexity index is 914. The largest absolute Gasteiger partial charge is 0.383 e. The number of thiophene rings is 1. The van der Waals surface area contributed by atoms with E-state index in [0.717, 1.165) is 27.2 Å². The molecule has 2 N–H and O–H groups in total. The minimum Gasteiger partial charge on any atom is -0.383 e. The van der Waals surface area contributed by atoms with E-state index in [1.54, 1.807) is 25.6 Å². The highest BCUT2D eigenvalue weighted by atomic mass is 32.1. The predicted molar refractivity (Wildman–Crippen MR) is 112 cm³/mol. The Balaban J connectivity index is 1.82. The highest BCUT2D eigenvalue weighted by Gasteiger charge is 2.15. The lowest BCUT2D eigenvalue weighted by Gasteiger charge is -2.11. The Labute approximate surface area is 168 Å². The Kier molecular flexibility index (Phi) is 7.30. The quantitative estimate of drug-likeness (QED) is 0.509. The van der Waals surface area contributed by atoms with Crippen LogP contribution >= 0.6 is 11.3 Å². The van der Waals surface area contributed by atoms with Crippen LogP contribution in [0.1, 0.15) is 12.2 Å². The van der Waals surface area contributed by atoms with Gasteiger partial charge >= 0.3 is 0 Å². The van der Waals surface area contributed by atoms with Crippen molar-refractivity contribution in [1.82, 2.24) is 15.3 Å². The molecular weight excluding hydrogens is 376 g/mol. The van der Waals surface area contributed by atoms with Gasteiger partial charge < -0.3 is 20.1 Å². The lowest BCUT2D eigenvalue weighted by molar-refractivity contribution is -0.121. The second kappa shape index (κ2) is 10.1. The molecule has 0 saturated heterocycles. The molecule has 7 nitrogen and oxygen atoms in total. The molecule has 0 fully saturated rings. The molecule has 2 aromatic heterocycles. The first kappa shape index (κ1) is 20.2. The van der Waals surface area contributed by atoms with Crippen molar-refractivity contribution in [3.05, 3.63) is 41.5 Å². The Morgan fingerprint density at radius 1 is 1.11 bits per heavy atom. The van der Waals surface area contributed by atoms with Crippen LogP contribution in [0.5, 0.6) is 0 Å². The van der Waals surface area contributed by atoms with Crippen LogP contribution in [-0.2, 0) is 20.9 Å². The number of fused-ring (bicyclic) bond motifs is 1. The predicted octanol–water partition coefficient (Wildman–Crippen LogP) is 3.07. The minimum atomic E-state index is -0.0273. The maximum absolute atomic E-state index is 11.9. The molecule has 0 radical (unpaired) electrons. The number of carbonyl (C=O) groups is 1. The van der Waals surface area contributed by atoms with Gasteiger partial charge in [-0.1, -0.05) is 30.3 Å². The van der Waals surface area contributed by atoms with Crippen LogP contribution in [0.4, 0.5) is 5.82 Å². The van der Waals surface area contributed by atoms with Gasteiger partial charge in [0, 0.05) is 44.7 Å². The summed E-state index contributed by atoms with van der Waals surface area (Å²) >= 11 is 1.58.